The number of carbonyl (C=O) groups is 2. The summed E-state index contributed by atoms with van der Waals surface area (Å²) >= 11 is 11.9. The van der Waals surface area contributed by atoms with Crippen LogP contribution in [-0.4, -0.2) is 24.1 Å². The van der Waals surface area contributed by atoms with Crippen molar-refractivity contribution in [2.24, 2.45) is 5.10 Å². The van der Waals surface area contributed by atoms with Crippen molar-refractivity contribution in [2.45, 2.75) is 26.2 Å². The van der Waals surface area contributed by atoms with Crippen molar-refractivity contribution in [1.29, 1.82) is 0 Å². The molecule has 0 atom stereocenters. The van der Waals surface area contributed by atoms with E-state index in [1.807, 2.05) is 0 Å². The van der Waals surface area contributed by atoms with Crippen LogP contribution in [0.2, 0.25) is 10.0 Å². The Morgan fingerprint density at radius 1 is 1.15 bits per heavy atom. The van der Waals surface area contributed by atoms with Gasteiger partial charge in [-0.1, -0.05) is 23.2 Å². The largest absolute Gasteiger partial charge is 0.482 e. The van der Waals surface area contributed by atoms with Gasteiger partial charge in [0.15, 0.2) is 12.4 Å². The Kier molecular flexibility index (Phi) is 7.19. The number of ether oxygens (including phenoxy) is 1. The molecule has 2 amide bonds. The second-order valence-electron chi connectivity index (χ2n) is 7.63. The summed E-state index contributed by atoms with van der Waals surface area (Å²) in [4.78, 5) is 25.0. The molecule has 1 aromatic heterocycles. The number of furan rings is 1. The van der Waals surface area contributed by atoms with E-state index in [1.165, 1.54) is 30.3 Å². The predicted molar refractivity (Wildman–Crippen MR) is 127 cm³/mol. The molecule has 0 bridgehead atoms. The Labute approximate surface area is 204 Å². The molecule has 1 aliphatic carbocycles. The zero-order valence-corrected chi connectivity index (χ0v) is 19.6. The van der Waals surface area contributed by atoms with Gasteiger partial charge in [0.1, 0.15) is 17.3 Å². The smallest absolute Gasteiger partial charge is 0.291 e. The van der Waals surface area contributed by atoms with Crippen LogP contribution in [0, 0.1) is 12.7 Å². The standard InChI is InChI=1S/C24H20Cl2FN3O4/c1-13-22-18(29-30-21(31)12-33-19-10-5-14(25)11-17(19)26)3-2-4-20(22)34-23(13)24(32)28-16-8-6-15(27)7-9-16/h5-11H,2-4,12H2,1H3,(H,28,32)(H,30,31)/b29-18+. The number of aryl methyl sites for hydroxylation is 1. The van der Waals surface area contributed by atoms with Crippen LogP contribution in [0.1, 0.15) is 40.3 Å². The molecule has 0 aliphatic heterocycles. The van der Waals surface area contributed by atoms with E-state index in [9.17, 15) is 14.0 Å². The summed E-state index contributed by atoms with van der Waals surface area (Å²) in [5.41, 5.74) is 4.86. The summed E-state index contributed by atoms with van der Waals surface area (Å²) in [6, 6.07) is 10.1. The zero-order chi connectivity index (χ0) is 24.2. The first-order valence-electron chi connectivity index (χ1n) is 10.4. The number of hydrogen-bond donors (Lipinski definition) is 2. The summed E-state index contributed by atoms with van der Waals surface area (Å²) in [5.74, 6) is -0.208. The van der Waals surface area contributed by atoms with E-state index in [4.69, 9.17) is 32.4 Å². The van der Waals surface area contributed by atoms with Crippen molar-refractivity contribution in [3.63, 3.8) is 0 Å². The maximum absolute atomic E-state index is 13.1. The van der Waals surface area contributed by atoms with Crippen LogP contribution in [0.5, 0.6) is 5.75 Å². The number of halogens is 3. The molecule has 2 aromatic carbocycles. The number of anilines is 1. The molecule has 0 unspecified atom stereocenters. The van der Waals surface area contributed by atoms with Gasteiger partial charge in [0.25, 0.3) is 11.8 Å². The number of nitrogens with zero attached hydrogens (tertiary/aromatic N) is 1. The number of nitrogens with one attached hydrogen (secondary N) is 2. The third-order valence-corrected chi connectivity index (χ3v) is 5.73. The number of carbonyl (C=O) groups excluding carboxylic acids is 2. The maximum atomic E-state index is 13.1. The lowest BCUT2D eigenvalue weighted by Crippen LogP contribution is -2.27. The van der Waals surface area contributed by atoms with Gasteiger partial charge in [0.05, 0.1) is 10.7 Å². The molecular formula is C24H20Cl2FN3O4. The molecule has 1 aliphatic rings. The summed E-state index contributed by atoms with van der Waals surface area (Å²) in [7, 11) is 0. The molecule has 4 rings (SSSR count). The molecule has 2 N–H and O–H groups in total. The topological polar surface area (TPSA) is 92.9 Å². The van der Waals surface area contributed by atoms with Gasteiger partial charge in [-0.05, 0) is 62.2 Å². The Bertz CT molecular complexity index is 1270. The first-order valence-corrected chi connectivity index (χ1v) is 11.2. The highest BCUT2D eigenvalue weighted by atomic mass is 35.5. The minimum atomic E-state index is -0.471. The van der Waals surface area contributed by atoms with E-state index in [1.54, 1.807) is 19.1 Å². The molecular weight excluding hydrogens is 484 g/mol. The summed E-state index contributed by atoms with van der Waals surface area (Å²) in [6.45, 7) is 1.47. The van der Waals surface area contributed by atoms with E-state index < -0.39 is 17.6 Å². The SMILES string of the molecule is Cc1c(C(=O)Nc2ccc(F)cc2)oc2c1/C(=N/NC(=O)COc1ccc(Cl)cc1Cl)CCC2. The molecule has 176 valence electrons. The first-order chi connectivity index (χ1) is 16.3. The zero-order valence-electron chi connectivity index (χ0n) is 18.1. The van der Waals surface area contributed by atoms with Gasteiger partial charge in [-0.2, -0.15) is 5.10 Å². The maximum Gasteiger partial charge on any atom is 0.291 e. The van der Waals surface area contributed by atoms with Crippen molar-refractivity contribution < 1.29 is 23.1 Å². The molecule has 1 heterocycles. The molecule has 10 heteroatoms. The van der Waals surface area contributed by atoms with Crippen LogP contribution in [0.15, 0.2) is 52.0 Å². The highest BCUT2D eigenvalue weighted by Gasteiger charge is 2.28. The van der Waals surface area contributed by atoms with Gasteiger partial charge < -0.3 is 14.5 Å². The fraction of sp³-hybridized carbons (Fsp3) is 0.208. The van der Waals surface area contributed by atoms with Gasteiger partial charge in [-0.15, -0.1) is 0 Å². The van der Waals surface area contributed by atoms with E-state index >= 15 is 0 Å². The van der Waals surface area contributed by atoms with Gasteiger partial charge in [0, 0.05) is 28.3 Å². The molecule has 3 aromatic rings. The molecule has 0 saturated carbocycles. The molecule has 34 heavy (non-hydrogen) atoms. The fourth-order valence-electron chi connectivity index (χ4n) is 3.62. The Morgan fingerprint density at radius 3 is 2.65 bits per heavy atom. The molecule has 0 radical (unpaired) electrons. The summed E-state index contributed by atoms with van der Waals surface area (Å²) in [5, 5.41) is 7.70. The van der Waals surface area contributed by atoms with Gasteiger partial charge >= 0.3 is 0 Å². The van der Waals surface area contributed by atoms with E-state index in [-0.39, 0.29) is 12.4 Å². The number of benzene rings is 2. The third-order valence-electron chi connectivity index (χ3n) is 5.20. The second kappa shape index (κ2) is 10.3. The van der Waals surface area contributed by atoms with Crippen LogP contribution < -0.4 is 15.5 Å². The normalized spacial score (nSPS) is 13.9. The van der Waals surface area contributed by atoms with Crippen molar-refractivity contribution in [1.82, 2.24) is 5.43 Å². The molecule has 7 nitrogen and oxygen atoms in total. The Balaban J connectivity index is 1.44. The lowest BCUT2D eigenvalue weighted by Gasteiger charge is -2.13. The monoisotopic (exact) mass is 503 g/mol. The average Bonchev–Trinajstić information content (AvgIpc) is 3.16. The van der Waals surface area contributed by atoms with E-state index in [2.05, 4.69) is 15.8 Å². The number of rotatable bonds is 6. The van der Waals surface area contributed by atoms with Gasteiger partial charge in [-0.3, -0.25) is 9.59 Å². The fourth-order valence-corrected chi connectivity index (χ4v) is 4.08. The minimum Gasteiger partial charge on any atom is -0.482 e. The van der Waals surface area contributed by atoms with Crippen molar-refractivity contribution in [2.75, 3.05) is 11.9 Å². The number of fused-ring (bicyclic) bond motifs is 1. The lowest BCUT2D eigenvalue weighted by molar-refractivity contribution is -0.123. The molecule has 0 spiro atoms. The van der Waals surface area contributed by atoms with Crippen LogP contribution in [0.25, 0.3) is 0 Å². The van der Waals surface area contributed by atoms with Crippen LogP contribution in [0.3, 0.4) is 0 Å². The molecule has 0 saturated heterocycles. The number of hydrogen-bond acceptors (Lipinski definition) is 5. The summed E-state index contributed by atoms with van der Waals surface area (Å²) in [6.07, 6.45) is 2.01. The van der Waals surface area contributed by atoms with Gasteiger partial charge in [-0.25, -0.2) is 9.82 Å². The quantitative estimate of drug-likeness (QED) is 0.433. The number of amides is 2. The number of hydrazone groups is 1. The Morgan fingerprint density at radius 2 is 1.91 bits per heavy atom. The first kappa shape index (κ1) is 23.8. The highest BCUT2D eigenvalue weighted by Crippen LogP contribution is 2.30. The summed E-state index contributed by atoms with van der Waals surface area (Å²) < 4.78 is 24.4. The van der Waals surface area contributed by atoms with Crippen molar-refractivity contribution >= 4 is 46.4 Å². The molecule has 0 fully saturated rings. The lowest BCUT2D eigenvalue weighted by atomic mass is 9.93. The predicted octanol–water partition coefficient (Wildman–Crippen LogP) is 5.52. The Hall–Kier alpha value is -3.36. The van der Waals surface area contributed by atoms with E-state index in [0.717, 1.165) is 6.42 Å². The van der Waals surface area contributed by atoms with E-state index in [0.29, 0.717) is 56.9 Å². The van der Waals surface area contributed by atoms with Gasteiger partial charge in [0.2, 0.25) is 0 Å². The average molecular weight is 504 g/mol. The second-order valence-corrected chi connectivity index (χ2v) is 8.47. The van der Waals surface area contributed by atoms with Crippen molar-refractivity contribution in [3.8, 4) is 5.75 Å². The third kappa shape index (κ3) is 5.40. The highest BCUT2D eigenvalue weighted by molar-refractivity contribution is 6.35. The van der Waals surface area contributed by atoms with Crippen molar-refractivity contribution in [3.05, 3.63) is 81.0 Å². The van der Waals surface area contributed by atoms with Crippen LogP contribution in [0.4, 0.5) is 10.1 Å². The van der Waals surface area contributed by atoms with Crippen LogP contribution in [-0.2, 0) is 11.2 Å². The minimum absolute atomic E-state index is 0.149. The van der Waals surface area contributed by atoms with Crippen LogP contribution >= 0.6 is 23.2 Å².